The molecule has 0 aromatic carbocycles. The molecule has 2 rings (SSSR count). The molecule has 1 aromatic heterocycles. The summed E-state index contributed by atoms with van der Waals surface area (Å²) in [5.41, 5.74) is 1.38. The molecule has 0 radical (unpaired) electrons. The highest BCUT2D eigenvalue weighted by Gasteiger charge is 2.30. The van der Waals surface area contributed by atoms with Crippen molar-refractivity contribution in [2.75, 3.05) is 7.11 Å². The summed E-state index contributed by atoms with van der Waals surface area (Å²) < 4.78 is 5.12. The summed E-state index contributed by atoms with van der Waals surface area (Å²) in [6.07, 6.45) is 2.24. The smallest absolute Gasteiger partial charge is 0.356 e. The lowest BCUT2D eigenvalue weighted by Crippen LogP contribution is -2.04. The first kappa shape index (κ1) is 8.50. The Kier molecular flexibility index (Phi) is 1.95. The number of aromatic nitrogens is 2. The number of esters is 1. The Hall–Kier alpha value is -1.10. The number of carbonyl (C=O) groups is 1. The summed E-state index contributed by atoms with van der Waals surface area (Å²) in [7, 11) is 1.36. The van der Waals surface area contributed by atoms with E-state index in [2.05, 4.69) is 14.7 Å². The van der Waals surface area contributed by atoms with Gasteiger partial charge < -0.3 is 14.7 Å². The molecule has 1 heterocycles. The number of hydrogen-bond donors (Lipinski definition) is 2. The first-order valence-corrected chi connectivity index (χ1v) is 4.53. The maximum atomic E-state index is 11.3. The van der Waals surface area contributed by atoms with Gasteiger partial charge in [-0.2, -0.15) is 0 Å². The van der Waals surface area contributed by atoms with Crippen molar-refractivity contribution in [3.05, 3.63) is 16.2 Å². The molecule has 0 bridgehead atoms. The second-order valence-corrected chi connectivity index (χ2v) is 3.54. The van der Waals surface area contributed by atoms with Crippen molar-refractivity contribution in [2.45, 2.75) is 18.8 Å². The number of methoxy groups -OCH3 is 1. The summed E-state index contributed by atoms with van der Waals surface area (Å²) in [6.45, 7) is 0. The third-order valence-corrected chi connectivity index (χ3v) is 2.34. The maximum absolute atomic E-state index is 11.3. The number of aromatic amines is 2. The molecule has 0 spiro atoms. The quantitative estimate of drug-likeness (QED) is 0.562. The molecule has 0 amide bonds. The summed E-state index contributed by atoms with van der Waals surface area (Å²) in [4.78, 5) is 17.0. The van der Waals surface area contributed by atoms with E-state index >= 15 is 0 Å². The van der Waals surface area contributed by atoms with E-state index < -0.39 is 0 Å². The Labute approximate surface area is 80.3 Å². The second-order valence-electron chi connectivity index (χ2n) is 3.13. The van der Waals surface area contributed by atoms with Crippen LogP contribution in [0.1, 0.15) is 34.9 Å². The van der Waals surface area contributed by atoms with E-state index in [1.165, 1.54) is 7.11 Å². The van der Waals surface area contributed by atoms with E-state index in [0.29, 0.717) is 16.4 Å². The fourth-order valence-corrected chi connectivity index (χ4v) is 1.55. The van der Waals surface area contributed by atoms with Crippen LogP contribution in [0.15, 0.2) is 0 Å². The monoisotopic (exact) mass is 198 g/mol. The van der Waals surface area contributed by atoms with Crippen molar-refractivity contribution in [3.8, 4) is 0 Å². The fourth-order valence-electron chi connectivity index (χ4n) is 1.34. The van der Waals surface area contributed by atoms with E-state index in [1.807, 2.05) is 0 Å². The Balaban J connectivity index is 2.42. The largest absolute Gasteiger partial charge is 0.464 e. The molecule has 0 atom stereocenters. The van der Waals surface area contributed by atoms with Gasteiger partial charge in [0.05, 0.1) is 12.8 Å². The van der Waals surface area contributed by atoms with Crippen LogP contribution in [-0.4, -0.2) is 23.0 Å². The molecule has 1 fully saturated rings. The Morgan fingerprint density at radius 1 is 1.54 bits per heavy atom. The van der Waals surface area contributed by atoms with Gasteiger partial charge >= 0.3 is 5.97 Å². The SMILES string of the molecule is COC(=O)c1[nH]c(=S)[nH]c1C1CC1. The number of nitrogens with one attached hydrogen (secondary N) is 2. The van der Waals surface area contributed by atoms with Crippen LogP contribution in [0, 0.1) is 4.77 Å². The molecule has 1 saturated carbocycles. The third kappa shape index (κ3) is 1.51. The van der Waals surface area contributed by atoms with Gasteiger partial charge in [0.25, 0.3) is 0 Å². The van der Waals surface area contributed by atoms with E-state index in [1.54, 1.807) is 0 Å². The molecular formula is C8H10N2O2S. The number of rotatable bonds is 2. The average Bonchev–Trinajstić information content (AvgIpc) is 2.89. The number of hydrogen-bond acceptors (Lipinski definition) is 3. The lowest BCUT2D eigenvalue weighted by molar-refractivity contribution is 0.0593. The van der Waals surface area contributed by atoms with Crippen LogP contribution in [0.2, 0.25) is 0 Å². The first-order chi connectivity index (χ1) is 6.22. The predicted molar refractivity (Wildman–Crippen MR) is 49.3 cm³/mol. The van der Waals surface area contributed by atoms with Gasteiger partial charge in [-0.25, -0.2) is 4.79 Å². The van der Waals surface area contributed by atoms with Crippen LogP contribution in [0.4, 0.5) is 0 Å². The molecule has 5 heteroatoms. The van der Waals surface area contributed by atoms with Crippen LogP contribution in [0.25, 0.3) is 0 Å². The topological polar surface area (TPSA) is 57.9 Å². The lowest BCUT2D eigenvalue weighted by Gasteiger charge is -1.98. The van der Waals surface area contributed by atoms with Crippen LogP contribution in [-0.2, 0) is 4.74 Å². The zero-order valence-electron chi connectivity index (χ0n) is 7.22. The zero-order valence-corrected chi connectivity index (χ0v) is 8.03. The molecule has 4 nitrogen and oxygen atoms in total. The number of H-pyrrole nitrogens is 2. The number of ether oxygens (including phenoxy) is 1. The third-order valence-electron chi connectivity index (χ3n) is 2.13. The molecule has 2 N–H and O–H groups in total. The summed E-state index contributed by atoms with van der Waals surface area (Å²) in [6, 6.07) is 0. The first-order valence-electron chi connectivity index (χ1n) is 4.13. The number of carbonyl (C=O) groups excluding carboxylic acids is 1. The standard InChI is InChI=1S/C8H10N2O2S/c1-12-7(11)6-5(4-2-3-4)9-8(13)10-6/h4H,2-3H2,1H3,(H2,9,10,13). The maximum Gasteiger partial charge on any atom is 0.356 e. The summed E-state index contributed by atoms with van der Waals surface area (Å²) in [5, 5.41) is 0. The Bertz CT molecular complexity index is 389. The minimum Gasteiger partial charge on any atom is -0.464 e. The molecule has 70 valence electrons. The van der Waals surface area contributed by atoms with Crippen LogP contribution in [0.5, 0.6) is 0 Å². The van der Waals surface area contributed by atoms with Crippen molar-refractivity contribution in [1.29, 1.82) is 0 Å². The van der Waals surface area contributed by atoms with Crippen molar-refractivity contribution in [1.82, 2.24) is 9.97 Å². The van der Waals surface area contributed by atoms with Crippen LogP contribution >= 0.6 is 12.2 Å². The molecule has 0 saturated heterocycles. The van der Waals surface area contributed by atoms with Crippen LogP contribution < -0.4 is 0 Å². The van der Waals surface area contributed by atoms with E-state index in [4.69, 9.17) is 12.2 Å². The molecule has 1 aliphatic rings. The minimum atomic E-state index is -0.353. The minimum absolute atomic E-state index is 0.353. The van der Waals surface area contributed by atoms with Gasteiger partial charge in [0.2, 0.25) is 0 Å². The normalized spacial score (nSPS) is 15.8. The van der Waals surface area contributed by atoms with E-state index in [-0.39, 0.29) is 5.97 Å². The highest BCUT2D eigenvalue weighted by atomic mass is 32.1. The summed E-state index contributed by atoms with van der Waals surface area (Å²) >= 11 is 4.92. The van der Waals surface area contributed by atoms with Gasteiger partial charge in [-0.3, -0.25) is 0 Å². The van der Waals surface area contributed by atoms with Gasteiger partial charge in [-0.1, -0.05) is 0 Å². The molecule has 13 heavy (non-hydrogen) atoms. The molecular weight excluding hydrogens is 188 g/mol. The van der Waals surface area contributed by atoms with Gasteiger partial charge in [-0.15, -0.1) is 0 Å². The summed E-state index contributed by atoms with van der Waals surface area (Å²) in [5.74, 6) is 0.108. The molecule has 1 aromatic rings. The van der Waals surface area contributed by atoms with Crippen molar-refractivity contribution in [3.63, 3.8) is 0 Å². The fraction of sp³-hybridized carbons (Fsp3) is 0.500. The lowest BCUT2D eigenvalue weighted by atomic mass is 10.2. The van der Waals surface area contributed by atoms with Gasteiger partial charge in [0, 0.05) is 5.92 Å². The average molecular weight is 198 g/mol. The van der Waals surface area contributed by atoms with Crippen molar-refractivity contribution in [2.24, 2.45) is 0 Å². The Morgan fingerprint density at radius 2 is 2.23 bits per heavy atom. The highest BCUT2D eigenvalue weighted by Crippen LogP contribution is 2.40. The predicted octanol–water partition coefficient (Wildman–Crippen LogP) is 1.74. The van der Waals surface area contributed by atoms with E-state index in [9.17, 15) is 4.79 Å². The van der Waals surface area contributed by atoms with Crippen molar-refractivity contribution >= 4 is 18.2 Å². The second kappa shape index (κ2) is 2.99. The van der Waals surface area contributed by atoms with Gasteiger partial charge in [0.1, 0.15) is 5.69 Å². The highest BCUT2D eigenvalue weighted by molar-refractivity contribution is 7.71. The van der Waals surface area contributed by atoms with Crippen LogP contribution in [0.3, 0.4) is 0 Å². The molecule has 0 aliphatic heterocycles. The van der Waals surface area contributed by atoms with Gasteiger partial charge in [0.15, 0.2) is 4.77 Å². The molecule has 1 aliphatic carbocycles. The van der Waals surface area contributed by atoms with Crippen molar-refractivity contribution < 1.29 is 9.53 Å². The van der Waals surface area contributed by atoms with E-state index in [0.717, 1.165) is 18.5 Å². The Morgan fingerprint density at radius 3 is 2.77 bits per heavy atom. The zero-order chi connectivity index (χ0) is 9.42. The molecule has 0 unspecified atom stereocenters. The van der Waals surface area contributed by atoms with Gasteiger partial charge in [-0.05, 0) is 25.1 Å². The number of imidazole rings is 1.